The monoisotopic (exact) mass is 457 g/mol. The number of hydrogen-bond donors (Lipinski definition) is 2. The third kappa shape index (κ3) is 3.59. The summed E-state index contributed by atoms with van der Waals surface area (Å²) in [5.74, 6) is 0. The highest BCUT2D eigenvalue weighted by molar-refractivity contribution is 9.10. The first-order valence-electron chi connectivity index (χ1n) is 8.05. The zero-order chi connectivity index (χ0) is 17.4. The van der Waals surface area contributed by atoms with Crippen LogP contribution in [0.3, 0.4) is 0 Å². The number of halogens is 2. The van der Waals surface area contributed by atoms with Crippen LogP contribution >= 0.6 is 50.2 Å². The number of nitrogens with one attached hydrogen (secondary N) is 1. The molecule has 25 heavy (non-hydrogen) atoms. The highest BCUT2D eigenvalue weighted by atomic mass is 79.9. The van der Waals surface area contributed by atoms with Crippen molar-refractivity contribution in [2.75, 3.05) is 11.9 Å². The molecule has 8 heteroatoms. The number of fused-ring (bicyclic) bond motifs is 1. The van der Waals surface area contributed by atoms with Crippen LogP contribution in [-0.4, -0.2) is 17.6 Å². The Hall–Kier alpha value is -0.700. The number of aromatic nitrogens is 1. The van der Waals surface area contributed by atoms with Crippen LogP contribution in [0.1, 0.15) is 28.7 Å². The molecule has 0 radical (unpaired) electrons. The second-order valence-corrected chi connectivity index (χ2v) is 9.25. The highest BCUT2D eigenvalue weighted by Crippen LogP contribution is 2.45. The fourth-order valence-corrected chi connectivity index (χ4v) is 5.99. The van der Waals surface area contributed by atoms with Gasteiger partial charge in [-0.25, -0.2) is 4.98 Å². The van der Waals surface area contributed by atoms with Gasteiger partial charge in [-0.1, -0.05) is 17.7 Å². The minimum absolute atomic E-state index is 0.0103. The molecule has 3 N–H and O–H groups in total. The van der Waals surface area contributed by atoms with Gasteiger partial charge in [-0.15, -0.1) is 22.7 Å². The smallest absolute Gasteiger partial charge is 0.131 e. The van der Waals surface area contributed by atoms with Crippen molar-refractivity contribution in [3.8, 4) is 0 Å². The lowest BCUT2D eigenvalue weighted by molar-refractivity contribution is 0.00202. The molecule has 0 unspecified atom stereocenters. The lowest BCUT2D eigenvalue weighted by atomic mass is 10.0. The Morgan fingerprint density at radius 2 is 2.36 bits per heavy atom. The van der Waals surface area contributed by atoms with Crippen LogP contribution < -0.4 is 11.1 Å². The Labute approximate surface area is 167 Å². The van der Waals surface area contributed by atoms with Gasteiger partial charge in [0.05, 0.1) is 25.3 Å². The maximum atomic E-state index is 6.29. The summed E-state index contributed by atoms with van der Waals surface area (Å²) in [4.78, 5) is 6.88. The summed E-state index contributed by atoms with van der Waals surface area (Å²) >= 11 is 13.4. The molecule has 1 aliphatic rings. The van der Waals surface area contributed by atoms with Crippen molar-refractivity contribution in [2.24, 2.45) is 5.73 Å². The third-order valence-electron chi connectivity index (χ3n) is 4.24. The quantitative estimate of drug-likeness (QED) is 0.502. The predicted octanol–water partition coefficient (Wildman–Crippen LogP) is 5.56. The second kappa shape index (κ2) is 7.50. The number of nitrogens with two attached hydrogens (primary N) is 1. The average molecular weight is 459 g/mol. The average Bonchev–Trinajstić information content (AvgIpc) is 3.22. The standard InChI is InChI=1S/C17H17BrClN3OS2/c18-13-14-16(25-17(13)15-10(20)4-1-5-23-15)11(7-12(19)22-14)21-8-9-3-2-6-24-9/h2-3,6-7,10,15H,1,4-5,8,20H2,(H,21,22)/t10-,15+/m1/s1. The minimum Gasteiger partial charge on any atom is -0.379 e. The van der Waals surface area contributed by atoms with E-state index in [-0.39, 0.29) is 12.1 Å². The topological polar surface area (TPSA) is 60.2 Å². The Kier molecular flexibility index (Phi) is 5.31. The molecule has 0 amide bonds. The minimum atomic E-state index is -0.0914. The molecular formula is C17H17BrClN3OS2. The first kappa shape index (κ1) is 17.7. The summed E-state index contributed by atoms with van der Waals surface area (Å²) in [5.41, 5.74) is 8.15. The number of nitrogens with zero attached hydrogens (tertiary/aromatic N) is 1. The zero-order valence-electron chi connectivity index (χ0n) is 13.3. The van der Waals surface area contributed by atoms with Gasteiger partial charge < -0.3 is 15.8 Å². The van der Waals surface area contributed by atoms with Gasteiger partial charge in [0, 0.05) is 30.1 Å². The normalized spacial score (nSPS) is 20.9. The Bertz CT molecular complexity index is 884. The van der Waals surface area contributed by atoms with Crippen molar-refractivity contribution in [1.29, 1.82) is 0 Å². The van der Waals surface area contributed by atoms with Gasteiger partial charge in [-0.2, -0.15) is 0 Å². The molecule has 0 spiro atoms. The maximum absolute atomic E-state index is 6.29. The molecule has 0 aromatic carbocycles. The second-order valence-electron chi connectivity index (χ2n) is 5.98. The molecule has 1 aliphatic heterocycles. The van der Waals surface area contributed by atoms with E-state index in [1.165, 1.54) is 4.88 Å². The van der Waals surface area contributed by atoms with Crippen molar-refractivity contribution in [1.82, 2.24) is 4.98 Å². The zero-order valence-corrected chi connectivity index (χ0v) is 17.3. The summed E-state index contributed by atoms with van der Waals surface area (Å²) in [6.07, 6.45) is 1.90. The summed E-state index contributed by atoms with van der Waals surface area (Å²) in [6, 6.07) is 6.06. The van der Waals surface area contributed by atoms with Crippen molar-refractivity contribution >= 4 is 66.1 Å². The summed E-state index contributed by atoms with van der Waals surface area (Å²) in [5, 5.41) is 6.04. The SMILES string of the molecule is N[C@@H]1CCCO[C@@H]1c1sc2c(NCc3cccs3)cc(Cl)nc2c1Br. The van der Waals surface area contributed by atoms with Crippen LogP contribution in [-0.2, 0) is 11.3 Å². The van der Waals surface area contributed by atoms with E-state index in [0.29, 0.717) is 5.15 Å². The van der Waals surface area contributed by atoms with Crippen LogP contribution in [0, 0.1) is 0 Å². The van der Waals surface area contributed by atoms with E-state index in [2.05, 4.69) is 43.7 Å². The number of thiophene rings is 2. The molecule has 3 aromatic heterocycles. The molecule has 0 saturated carbocycles. The van der Waals surface area contributed by atoms with E-state index in [1.54, 1.807) is 22.7 Å². The van der Waals surface area contributed by atoms with Crippen LogP contribution in [0.15, 0.2) is 28.1 Å². The van der Waals surface area contributed by atoms with Gasteiger partial charge in [0.1, 0.15) is 11.3 Å². The van der Waals surface area contributed by atoms with Crippen LogP contribution in [0.5, 0.6) is 0 Å². The molecule has 132 valence electrons. The van der Waals surface area contributed by atoms with E-state index in [9.17, 15) is 0 Å². The van der Waals surface area contributed by atoms with Gasteiger partial charge in [0.25, 0.3) is 0 Å². The third-order valence-corrected chi connectivity index (χ3v) is 7.65. The largest absolute Gasteiger partial charge is 0.379 e. The molecule has 4 heterocycles. The molecule has 2 atom stereocenters. The van der Waals surface area contributed by atoms with Gasteiger partial charge in [-0.3, -0.25) is 0 Å². The number of hydrogen-bond acceptors (Lipinski definition) is 6. The molecule has 1 fully saturated rings. The van der Waals surface area contributed by atoms with Crippen molar-refractivity contribution in [3.05, 3.63) is 43.0 Å². The maximum Gasteiger partial charge on any atom is 0.131 e. The van der Waals surface area contributed by atoms with Crippen molar-refractivity contribution in [3.63, 3.8) is 0 Å². The van der Waals surface area contributed by atoms with E-state index < -0.39 is 0 Å². The highest BCUT2D eigenvalue weighted by Gasteiger charge is 2.29. The Balaban J connectivity index is 1.72. The fourth-order valence-electron chi connectivity index (χ4n) is 3.01. The van der Waals surface area contributed by atoms with Crippen LogP contribution in [0.25, 0.3) is 10.2 Å². The van der Waals surface area contributed by atoms with Gasteiger partial charge in [0.15, 0.2) is 0 Å². The van der Waals surface area contributed by atoms with Crippen LogP contribution in [0.2, 0.25) is 5.15 Å². The van der Waals surface area contributed by atoms with Crippen molar-refractivity contribution < 1.29 is 4.74 Å². The van der Waals surface area contributed by atoms with E-state index >= 15 is 0 Å². The number of ether oxygens (including phenoxy) is 1. The fraction of sp³-hybridized carbons (Fsp3) is 0.353. The summed E-state index contributed by atoms with van der Waals surface area (Å²) in [6.45, 7) is 1.51. The molecule has 0 bridgehead atoms. The summed E-state index contributed by atoms with van der Waals surface area (Å²) < 4.78 is 7.97. The van der Waals surface area contributed by atoms with Crippen molar-refractivity contribution in [2.45, 2.75) is 31.5 Å². The summed E-state index contributed by atoms with van der Waals surface area (Å²) in [7, 11) is 0. The Morgan fingerprint density at radius 3 is 3.12 bits per heavy atom. The van der Waals surface area contributed by atoms with E-state index in [1.807, 2.05) is 6.07 Å². The number of rotatable bonds is 4. The molecule has 0 aliphatic carbocycles. The lowest BCUT2D eigenvalue weighted by Gasteiger charge is -2.28. The number of pyridine rings is 1. The van der Waals surface area contributed by atoms with E-state index in [0.717, 1.165) is 51.2 Å². The molecule has 3 aromatic rings. The first-order chi connectivity index (χ1) is 12.1. The predicted molar refractivity (Wildman–Crippen MR) is 110 cm³/mol. The first-order valence-corrected chi connectivity index (χ1v) is 10.9. The molecular weight excluding hydrogens is 442 g/mol. The molecule has 4 nitrogen and oxygen atoms in total. The van der Waals surface area contributed by atoms with Crippen LogP contribution in [0.4, 0.5) is 5.69 Å². The van der Waals surface area contributed by atoms with Gasteiger partial charge >= 0.3 is 0 Å². The lowest BCUT2D eigenvalue weighted by Crippen LogP contribution is -2.34. The van der Waals surface area contributed by atoms with Gasteiger partial charge in [0.2, 0.25) is 0 Å². The molecule has 1 saturated heterocycles. The Morgan fingerprint density at radius 1 is 1.48 bits per heavy atom. The van der Waals surface area contributed by atoms with Gasteiger partial charge in [-0.05, 0) is 40.2 Å². The molecule has 4 rings (SSSR count). The van der Waals surface area contributed by atoms with E-state index in [4.69, 9.17) is 22.1 Å². The number of anilines is 1.